The van der Waals surface area contributed by atoms with Gasteiger partial charge in [0.25, 0.3) is 5.91 Å². The van der Waals surface area contributed by atoms with E-state index in [1.165, 1.54) is 24.2 Å². The zero-order chi connectivity index (χ0) is 24.9. The van der Waals surface area contributed by atoms with Crippen molar-refractivity contribution in [2.45, 2.75) is 37.2 Å². The van der Waals surface area contributed by atoms with Crippen molar-refractivity contribution >= 4 is 34.9 Å². The Morgan fingerprint density at radius 2 is 2.22 bits per heavy atom. The van der Waals surface area contributed by atoms with Gasteiger partial charge in [0.2, 0.25) is 5.88 Å². The number of anilines is 1. The molecule has 0 bridgehead atoms. The van der Waals surface area contributed by atoms with Crippen LogP contribution >= 0.6 is 23.3 Å². The number of nitrogens with one attached hydrogen (secondary N) is 2. The maximum atomic E-state index is 13.3. The van der Waals surface area contributed by atoms with Crippen LogP contribution in [-0.4, -0.2) is 75.4 Å². The smallest absolute Gasteiger partial charge is 0.280 e. The van der Waals surface area contributed by atoms with E-state index in [1.807, 2.05) is 19.1 Å². The summed E-state index contributed by atoms with van der Waals surface area (Å²) in [5.74, 6) is 0.155. The molecule has 1 amide bonds. The maximum absolute atomic E-state index is 13.3. The molecule has 3 aromatic heterocycles. The van der Waals surface area contributed by atoms with Gasteiger partial charge in [0.15, 0.2) is 5.01 Å². The number of ether oxygens (including phenoxy) is 2. The zero-order valence-electron chi connectivity index (χ0n) is 20.2. The summed E-state index contributed by atoms with van der Waals surface area (Å²) in [6.07, 6.45) is 8.85. The molecule has 2 atom stereocenters. The Hall–Kier alpha value is -2.80. The maximum Gasteiger partial charge on any atom is 0.280 e. The zero-order valence-corrected chi connectivity index (χ0v) is 21.8. The average Bonchev–Trinajstić information content (AvgIpc) is 3.59. The Morgan fingerprint density at radius 1 is 1.33 bits per heavy atom. The highest BCUT2D eigenvalue weighted by Crippen LogP contribution is 2.35. The van der Waals surface area contributed by atoms with Crippen molar-refractivity contribution in [3.8, 4) is 16.5 Å². The van der Waals surface area contributed by atoms with Gasteiger partial charge >= 0.3 is 0 Å². The first-order chi connectivity index (χ1) is 17.6. The fraction of sp³-hybridized carbons (Fsp3) is 0.458. The standard InChI is InChI=1S/C24H29N7O3S2/c1-3-33-21-13-25-11-18(28-21)20-12-27-24(35-20)23(32)29-22(19-14-31(2)8-9-34-19)17-10-15(6-7-26-17)30-36-16-4-5-16/h6-7,10-13,16,19,22H,3-5,8-9,14H2,1-2H3,(H,26,30)(H,29,32). The van der Waals surface area contributed by atoms with Gasteiger partial charge in [-0.05, 0) is 50.9 Å². The first-order valence-corrected chi connectivity index (χ1v) is 13.7. The summed E-state index contributed by atoms with van der Waals surface area (Å²) in [7, 11) is 2.05. The van der Waals surface area contributed by atoms with Gasteiger partial charge in [-0.3, -0.25) is 14.8 Å². The van der Waals surface area contributed by atoms with Crippen LogP contribution < -0.4 is 14.8 Å². The van der Waals surface area contributed by atoms with Gasteiger partial charge in [0.1, 0.15) is 5.69 Å². The Labute approximate surface area is 218 Å². The molecule has 2 N–H and O–H groups in total. The molecule has 0 aromatic carbocycles. The number of likely N-dealkylation sites (N-methyl/N-ethyl adjacent to an activating group) is 1. The topological polar surface area (TPSA) is 114 Å². The molecule has 1 saturated heterocycles. The minimum absolute atomic E-state index is 0.236. The van der Waals surface area contributed by atoms with E-state index < -0.39 is 6.04 Å². The number of thiazole rings is 1. The lowest BCUT2D eigenvalue weighted by molar-refractivity contribution is -0.0387. The van der Waals surface area contributed by atoms with Crippen LogP contribution in [0.25, 0.3) is 10.6 Å². The highest BCUT2D eigenvalue weighted by molar-refractivity contribution is 8.01. The van der Waals surface area contributed by atoms with Gasteiger partial charge in [-0.15, -0.1) is 11.3 Å². The minimum atomic E-state index is -0.429. The summed E-state index contributed by atoms with van der Waals surface area (Å²) in [6.45, 7) is 4.52. The van der Waals surface area contributed by atoms with Crippen molar-refractivity contribution in [1.29, 1.82) is 0 Å². The summed E-state index contributed by atoms with van der Waals surface area (Å²) >= 11 is 2.99. The lowest BCUT2D eigenvalue weighted by atomic mass is 10.0. The number of carbonyl (C=O) groups excluding carboxylic acids is 1. The van der Waals surface area contributed by atoms with Gasteiger partial charge < -0.3 is 24.4 Å². The summed E-state index contributed by atoms with van der Waals surface area (Å²) in [5, 5.41) is 4.15. The van der Waals surface area contributed by atoms with Crippen LogP contribution in [-0.2, 0) is 4.74 Å². The van der Waals surface area contributed by atoms with E-state index in [0.29, 0.717) is 41.6 Å². The van der Waals surface area contributed by atoms with Gasteiger partial charge in [0, 0.05) is 36.4 Å². The number of morpholine rings is 1. The highest BCUT2D eigenvalue weighted by Gasteiger charge is 2.32. The molecule has 4 heterocycles. The van der Waals surface area contributed by atoms with Crippen molar-refractivity contribution in [3.05, 3.63) is 47.6 Å². The molecule has 2 fully saturated rings. The Kier molecular flexibility index (Phi) is 7.95. The minimum Gasteiger partial charge on any atom is -0.477 e. The summed E-state index contributed by atoms with van der Waals surface area (Å²) < 4.78 is 14.9. The van der Waals surface area contributed by atoms with Crippen LogP contribution in [0.5, 0.6) is 5.88 Å². The van der Waals surface area contributed by atoms with E-state index >= 15 is 0 Å². The van der Waals surface area contributed by atoms with Crippen molar-refractivity contribution < 1.29 is 14.3 Å². The van der Waals surface area contributed by atoms with E-state index in [0.717, 1.165) is 22.8 Å². The summed E-state index contributed by atoms with van der Waals surface area (Å²) in [4.78, 5) is 33.9. The molecule has 12 heteroatoms. The largest absolute Gasteiger partial charge is 0.477 e. The molecule has 1 aliphatic carbocycles. The van der Waals surface area contributed by atoms with E-state index in [4.69, 9.17) is 9.47 Å². The Bertz CT molecular complexity index is 1190. The first-order valence-electron chi connectivity index (χ1n) is 12.0. The molecule has 1 saturated carbocycles. The number of hydrogen-bond donors (Lipinski definition) is 2. The number of pyridine rings is 1. The number of carbonyl (C=O) groups is 1. The van der Waals surface area contributed by atoms with Crippen molar-refractivity contribution in [2.75, 3.05) is 38.1 Å². The second-order valence-electron chi connectivity index (χ2n) is 8.72. The van der Waals surface area contributed by atoms with Crippen LogP contribution in [0.3, 0.4) is 0 Å². The fourth-order valence-electron chi connectivity index (χ4n) is 3.77. The predicted octanol–water partition coefficient (Wildman–Crippen LogP) is 3.42. The molecular weight excluding hydrogens is 498 g/mol. The molecule has 1 aliphatic heterocycles. The highest BCUT2D eigenvalue weighted by atomic mass is 32.2. The molecular formula is C24H29N7O3S2. The van der Waals surface area contributed by atoms with Gasteiger partial charge in [-0.25, -0.2) is 9.97 Å². The Morgan fingerprint density at radius 3 is 3.03 bits per heavy atom. The fourth-order valence-corrected chi connectivity index (χ4v) is 5.35. The quantitative estimate of drug-likeness (QED) is 0.380. The molecule has 190 valence electrons. The SMILES string of the molecule is CCOc1cncc(-c2cnc(C(=O)NC(c3cc(NSC4CC4)ccn3)C3CN(C)CCO3)s2)n1. The Balaban J connectivity index is 1.35. The molecule has 2 aliphatic rings. The van der Waals surface area contributed by atoms with E-state index in [-0.39, 0.29) is 12.0 Å². The average molecular weight is 528 g/mol. The first kappa shape index (κ1) is 24.9. The van der Waals surface area contributed by atoms with Crippen molar-refractivity contribution in [2.24, 2.45) is 0 Å². The monoisotopic (exact) mass is 527 g/mol. The number of nitrogens with zero attached hydrogens (tertiary/aromatic N) is 5. The number of amides is 1. The van der Waals surface area contributed by atoms with Crippen LogP contribution in [0, 0.1) is 0 Å². The van der Waals surface area contributed by atoms with Crippen LogP contribution in [0.2, 0.25) is 0 Å². The van der Waals surface area contributed by atoms with E-state index in [1.54, 1.807) is 36.7 Å². The molecule has 2 unspecified atom stereocenters. The number of rotatable bonds is 10. The second-order valence-corrected chi connectivity index (χ2v) is 10.9. The summed E-state index contributed by atoms with van der Waals surface area (Å²) in [5.41, 5.74) is 2.32. The van der Waals surface area contributed by atoms with Crippen LogP contribution in [0.15, 0.2) is 36.9 Å². The molecule has 5 rings (SSSR count). The normalized spacial score (nSPS) is 19.0. The van der Waals surface area contributed by atoms with Crippen molar-refractivity contribution in [1.82, 2.24) is 30.2 Å². The molecule has 0 spiro atoms. The second kappa shape index (κ2) is 11.5. The van der Waals surface area contributed by atoms with Crippen LogP contribution in [0.1, 0.15) is 41.3 Å². The predicted molar refractivity (Wildman–Crippen MR) is 140 cm³/mol. The number of hydrogen-bond acceptors (Lipinski definition) is 11. The molecule has 0 radical (unpaired) electrons. The molecule has 3 aromatic rings. The molecule has 10 nitrogen and oxygen atoms in total. The summed E-state index contributed by atoms with van der Waals surface area (Å²) in [6, 6.07) is 3.50. The third-order valence-electron chi connectivity index (χ3n) is 5.78. The third kappa shape index (κ3) is 6.30. The van der Waals surface area contributed by atoms with E-state index in [9.17, 15) is 4.79 Å². The lowest BCUT2D eigenvalue weighted by Crippen LogP contribution is -2.48. The van der Waals surface area contributed by atoms with E-state index in [2.05, 4.69) is 41.9 Å². The molecule has 36 heavy (non-hydrogen) atoms. The third-order valence-corrected chi connectivity index (χ3v) is 7.96. The van der Waals surface area contributed by atoms with Gasteiger partial charge in [-0.2, -0.15) is 0 Å². The van der Waals surface area contributed by atoms with Gasteiger partial charge in [-0.1, -0.05) is 0 Å². The van der Waals surface area contributed by atoms with Crippen molar-refractivity contribution in [3.63, 3.8) is 0 Å². The number of aromatic nitrogens is 4. The lowest BCUT2D eigenvalue weighted by Gasteiger charge is -2.35. The van der Waals surface area contributed by atoms with Crippen LogP contribution in [0.4, 0.5) is 5.69 Å². The van der Waals surface area contributed by atoms with Gasteiger partial charge in [0.05, 0.1) is 48.3 Å².